The van der Waals surface area contributed by atoms with E-state index in [4.69, 9.17) is 0 Å². The summed E-state index contributed by atoms with van der Waals surface area (Å²) in [7, 11) is 0. The number of ketones is 1. The SMILES string of the molecule is CC(=O)c1c(O)cc(C)n(-c2ccccc2)c1=O. The number of para-hydroxylation sites is 1. The molecule has 1 aromatic heterocycles. The van der Waals surface area contributed by atoms with Crippen LogP contribution in [0.2, 0.25) is 0 Å². The molecule has 1 N–H and O–H groups in total. The molecular weight excluding hydrogens is 230 g/mol. The minimum absolute atomic E-state index is 0.176. The second-order valence-corrected chi connectivity index (χ2v) is 4.08. The summed E-state index contributed by atoms with van der Waals surface area (Å²) in [6.07, 6.45) is 0. The molecule has 0 unspecified atom stereocenters. The Morgan fingerprint density at radius 2 is 1.83 bits per heavy atom. The molecule has 4 nitrogen and oxygen atoms in total. The summed E-state index contributed by atoms with van der Waals surface area (Å²) < 4.78 is 1.41. The van der Waals surface area contributed by atoms with Gasteiger partial charge in [-0.15, -0.1) is 0 Å². The van der Waals surface area contributed by atoms with Gasteiger partial charge in [0.2, 0.25) is 0 Å². The van der Waals surface area contributed by atoms with Crippen molar-refractivity contribution in [2.75, 3.05) is 0 Å². The summed E-state index contributed by atoms with van der Waals surface area (Å²) in [6.45, 7) is 2.97. The Labute approximate surface area is 104 Å². The maximum absolute atomic E-state index is 12.2. The summed E-state index contributed by atoms with van der Waals surface area (Å²) in [5.41, 5.74) is 0.576. The van der Waals surface area contributed by atoms with Crippen LogP contribution in [0.4, 0.5) is 0 Å². The molecule has 4 heteroatoms. The average Bonchev–Trinajstić information content (AvgIpc) is 2.28. The van der Waals surface area contributed by atoms with Crippen molar-refractivity contribution in [2.45, 2.75) is 13.8 Å². The first-order valence-corrected chi connectivity index (χ1v) is 5.54. The van der Waals surface area contributed by atoms with Gasteiger partial charge >= 0.3 is 0 Å². The van der Waals surface area contributed by atoms with Gasteiger partial charge in [-0.25, -0.2) is 0 Å². The van der Waals surface area contributed by atoms with Crippen LogP contribution in [-0.2, 0) is 0 Å². The molecular formula is C14H13NO3. The molecule has 1 aromatic carbocycles. The Balaban J connectivity index is 2.81. The van der Waals surface area contributed by atoms with Crippen molar-refractivity contribution in [3.05, 3.63) is 58.0 Å². The highest BCUT2D eigenvalue weighted by Gasteiger charge is 2.16. The third-order valence-electron chi connectivity index (χ3n) is 2.74. The summed E-state index contributed by atoms with van der Waals surface area (Å²) in [5, 5.41) is 9.68. The summed E-state index contributed by atoms with van der Waals surface area (Å²) in [6, 6.07) is 10.4. The van der Waals surface area contributed by atoms with E-state index in [0.29, 0.717) is 11.4 Å². The monoisotopic (exact) mass is 243 g/mol. The minimum atomic E-state index is -0.494. The molecule has 0 radical (unpaired) electrons. The number of nitrogens with zero attached hydrogens (tertiary/aromatic N) is 1. The third-order valence-corrected chi connectivity index (χ3v) is 2.74. The van der Waals surface area contributed by atoms with Gasteiger partial charge < -0.3 is 5.11 Å². The van der Waals surface area contributed by atoms with Crippen molar-refractivity contribution in [1.82, 2.24) is 4.57 Å². The fraction of sp³-hybridized carbons (Fsp3) is 0.143. The van der Waals surface area contributed by atoms with Gasteiger partial charge in [0.1, 0.15) is 11.3 Å². The fourth-order valence-electron chi connectivity index (χ4n) is 1.95. The first-order chi connectivity index (χ1) is 8.52. The van der Waals surface area contributed by atoms with Crippen LogP contribution in [0.3, 0.4) is 0 Å². The first kappa shape index (κ1) is 12.1. The number of carbonyl (C=O) groups is 1. The number of hydrogen-bond acceptors (Lipinski definition) is 3. The van der Waals surface area contributed by atoms with E-state index in [0.717, 1.165) is 0 Å². The molecule has 0 atom stereocenters. The van der Waals surface area contributed by atoms with E-state index in [1.807, 2.05) is 18.2 Å². The number of carbonyl (C=O) groups excluding carboxylic acids is 1. The van der Waals surface area contributed by atoms with Gasteiger partial charge in [-0.2, -0.15) is 0 Å². The lowest BCUT2D eigenvalue weighted by Gasteiger charge is -2.12. The van der Waals surface area contributed by atoms with Crippen LogP contribution < -0.4 is 5.56 Å². The summed E-state index contributed by atoms with van der Waals surface area (Å²) in [5.74, 6) is -0.709. The molecule has 0 saturated carbocycles. The lowest BCUT2D eigenvalue weighted by molar-refractivity contribution is 0.101. The Kier molecular flexibility index (Phi) is 3.02. The summed E-state index contributed by atoms with van der Waals surface area (Å²) in [4.78, 5) is 23.6. The van der Waals surface area contributed by atoms with E-state index in [2.05, 4.69) is 0 Å². The fourth-order valence-corrected chi connectivity index (χ4v) is 1.95. The largest absolute Gasteiger partial charge is 0.507 e. The molecule has 0 amide bonds. The van der Waals surface area contributed by atoms with Crippen molar-refractivity contribution in [3.8, 4) is 11.4 Å². The van der Waals surface area contributed by atoms with Crippen LogP contribution in [0.25, 0.3) is 5.69 Å². The highest BCUT2D eigenvalue weighted by molar-refractivity contribution is 5.96. The van der Waals surface area contributed by atoms with Crippen molar-refractivity contribution >= 4 is 5.78 Å². The molecule has 2 aromatic rings. The lowest BCUT2D eigenvalue weighted by Crippen LogP contribution is -2.26. The first-order valence-electron chi connectivity index (χ1n) is 5.54. The van der Waals surface area contributed by atoms with E-state index in [1.165, 1.54) is 17.6 Å². The van der Waals surface area contributed by atoms with Crippen molar-refractivity contribution in [1.29, 1.82) is 0 Å². The van der Waals surface area contributed by atoms with Gasteiger partial charge in [-0.3, -0.25) is 14.2 Å². The Hall–Kier alpha value is -2.36. The second-order valence-electron chi connectivity index (χ2n) is 4.08. The third kappa shape index (κ3) is 1.93. The van der Waals surface area contributed by atoms with E-state index in [-0.39, 0.29) is 11.3 Å². The molecule has 0 saturated heterocycles. The number of aromatic nitrogens is 1. The number of Topliss-reactive ketones (excluding diaryl/α,β-unsaturated/α-hetero) is 1. The predicted molar refractivity (Wildman–Crippen MR) is 68.4 cm³/mol. The number of hydrogen-bond donors (Lipinski definition) is 1. The molecule has 0 bridgehead atoms. The molecule has 0 aliphatic heterocycles. The average molecular weight is 243 g/mol. The van der Waals surface area contributed by atoms with Crippen molar-refractivity contribution in [2.24, 2.45) is 0 Å². The van der Waals surface area contributed by atoms with Gasteiger partial charge in [0, 0.05) is 17.4 Å². The highest BCUT2D eigenvalue weighted by Crippen LogP contribution is 2.17. The van der Waals surface area contributed by atoms with Gasteiger partial charge in [0.25, 0.3) is 5.56 Å². The number of aromatic hydroxyl groups is 1. The van der Waals surface area contributed by atoms with E-state index in [1.54, 1.807) is 19.1 Å². The topological polar surface area (TPSA) is 59.3 Å². The van der Waals surface area contributed by atoms with Gasteiger partial charge in [0.15, 0.2) is 5.78 Å². The predicted octanol–water partition coefficient (Wildman–Crippen LogP) is 2.05. The van der Waals surface area contributed by atoms with Crippen LogP contribution >= 0.6 is 0 Å². The molecule has 0 fully saturated rings. The Bertz CT molecular complexity index is 657. The molecule has 0 aliphatic rings. The van der Waals surface area contributed by atoms with E-state index in [9.17, 15) is 14.7 Å². The molecule has 0 spiro atoms. The molecule has 0 aliphatic carbocycles. The van der Waals surface area contributed by atoms with Crippen molar-refractivity contribution < 1.29 is 9.90 Å². The Morgan fingerprint density at radius 3 is 2.39 bits per heavy atom. The van der Waals surface area contributed by atoms with Crippen LogP contribution in [0.1, 0.15) is 23.0 Å². The lowest BCUT2D eigenvalue weighted by atomic mass is 10.1. The van der Waals surface area contributed by atoms with E-state index < -0.39 is 11.3 Å². The molecule has 1 heterocycles. The van der Waals surface area contributed by atoms with Crippen LogP contribution in [0.5, 0.6) is 5.75 Å². The minimum Gasteiger partial charge on any atom is -0.507 e. The van der Waals surface area contributed by atoms with Gasteiger partial charge in [0.05, 0.1) is 0 Å². The van der Waals surface area contributed by atoms with Crippen LogP contribution in [-0.4, -0.2) is 15.5 Å². The number of aryl methyl sites for hydroxylation is 1. The van der Waals surface area contributed by atoms with E-state index >= 15 is 0 Å². The van der Waals surface area contributed by atoms with Gasteiger partial charge in [-0.1, -0.05) is 18.2 Å². The van der Waals surface area contributed by atoms with Gasteiger partial charge in [-0.05, 0) is 26.0 Å². The maximum atomic E-state index is 12.2. The molecule has 92 valence electrons. The summed E-state index contributed by atoms with van der Waals surface area (Å²) >= 11 is 0. The zero-order valence-corrected chi connectivity index (χ0v) is 10.2. The van der Waals surface area contributed by atoms with Crippen LogP contribution in [0.15, 0.2) is 41.2 Å². The zero-order chi connectivity index (χ0) is 13.3. The second kappa shape index (κ2) is 4.49. The number of benzene rings is 1. The zero-order valence-electron chi connectivity index (χ0n) is 10.2. The standard InChI is InChI=1S/C14H13NO3/c1-9-8-12(17)13(10(2)16)14(18)15(9)11-6-4-3-5-7-11/h3-8,17H,1-2H3. The smallest absolute Gasteiger partial charge is 0.269 e. The maximum Gasteiger partial charge on any atom is 0.269 e. The Morgan fingerprint density at radius 1 is 1.22 bits per heavy atom. The quantitative estimate of drug-likeness (QED) is 0.821. The number of pyridine rings is 1. The normalized spacial score (nSPS) is 10.3. The number of rotatable bonds is 2. The highest BCUT2D eigenvalue weighted by atomic mass is 16.3. The van der Waals surface area contributed by atoms with Crippen LogP contribution in [0, 0.1) is 6.92 Å². The van der Waals surface area contributed by atoms with Crippen molar-refractivity contribution in [3.63, 3.8) is 0 Å². The molecule has 18 heavy (non-hydrogen) atoms. The molecule has 2 rings (SSSR count).